The minimum Gasteiger partial charge on any atom is -0.691 e. The molecule has 2 saturated carbocycles. The van der Waals surface area contributed by atoms with Gasteiger partial charge in [0.05, 0.1) is 0 Å². The van der Waals surface area contributed by atoms with Gasteiger partial charge < -0.3 is 5.26 Å². The van der Waals surface area contributed by atoms with Gasteiger partial charge in [0.15, 0.2) is 0 Å². The van der Waals surface area contributed by atoms with E-state index in [0.29, 0.717) is 17.5 Å². The molecule has 5 heteroatoms. The van der Waals surface area contributed by atoms with Crippen molar-refractivity contribution in [1.82, 2.24) is 0 Å². The predicted molar refractivity (Wildman–Crippen MR) is 53.1 cm³/mol. The van der Waals surface area contributed by atoms with Crippen LogP contribution in [0.25, 0.3) is 0 Å². The van der Waals surface area contributed by atoms with E-state index in [0.717, 1.165) is 24.9 Å². The van der Waals surface area contributed by atoms with Crippen molar-refractivity contribution in [1.29, 1.82) is 0 Å². The minimum absolute atomic E-state index is 0.0406. The van der Waals surface area contributed by atoms with Crippen LogP contribution in [0, 0.1) is 23.2 Å². The zero-order valence-corrected chi connectivity index (χ0v) is 9.71. The minimum atomic E-state index is 0.0406. The summed E-state index contributed by atoms with van der Waals surface area (Å²) in [6.45, 7) is 4.34. The van der Waals surface area contributed by atoms with E-state index in [-0.39, 0.29) is 17.3 Å². The van der Waals surface area contributed by atoms with Crippen molar-refractivity contribution in [2.24, 2.45) is 23.2 Å². The Hall–Kier alpha value is -0.100. The third kappa shape index (κ3) is 1.71. The monoisotopic (exact) mass is 231 g/mol. The molecule has 0 amide bonds. The molecule has 2 rings (SSSR count). The van der Waals surface area contributed by atoms with Crippen LogP contribution in [-0.4, -0.2) is 11.5 Å². The Kier molecular flexibility index (Phi) is 3.07. The van der Waals surface area contributed by atoms with Gasteiger partial charge in [-0.15, -0.1) is 0 Å². The van der Waals surface area contributed by atoms with Gasteiger partial charge >= 0.3 is 0 Å². The highest BCUT2D eigenvalue weighted by Gasteiger charge is 2.58. The number of fused-ring (bicyclic) bond motifs is 2. The van der Waals surface area contributed by atoms with Crippen LogP contribution < -0.4 is 5.26 Å². The fourth-order valence-corrected chi connectivity index (χ4v) is 3.99. The highest BCUT2D eigenvalue weighted by Crippen LogP contribution is 2.58. The van der Waals surface area contributed by atoms with Gasteiger partial charge in [-0.2, -0.15) is 4.33 Å². The Morgan fingerprint density at radius 2 is 2.27 bits per heavy atom. The second-order valence-electron chi connectivity index (χ2n) is 4.99. The van der Waals surface area contributed by atoms with E-state index < -0.39 is 0 Å². The summed E-state index contributed by atoms with van der Waals surface area (Å²) in [6, 6.07) is 0. The number of ketones is 1. The van der Waals surface area contributed by atoms with Crippen molar-refractivity contribution in [3.63, 3.8) is 0 Å². The maximum Gasteiger partial charge on any atom is 0.140 e. The Labute approximate surface area is 93.4 Å². The second kappa shape index (κ2) is 4.05. The molecule has 86 valence electrons. The Morgan fingerprint density at radius 3 is 2.80 bits per heavy atom. The van der Waals surface area contributed by atoms with Crippen LogP contribution in [0.2, 0.25) is 0 Å². The zero-order chi connectivity index (χ0) is 11.1. The lowest BCUT2D eigenvalue weighted by Gasteiger charge is -2.24. The molecule has 3 unspecified atom stereocenters. The molecule has 0 N–H and O–H groups in total. The average molecular weight is 231 g/mol. The highest BCUT2D eigenvalue weighted by molar-refractivity contribution is 7.94. The lowest BCUT2D eigenvalue weighted by molar-refractivity contribution is -0.777. The summed E-state index contributed by atoms with van der Waals surface area (Å²) < 4.78 is 4.23. The topological polar surface area (TPSA) is 58.6 Å². The quantitative estimate of drug-likeness (QED) is 0.314. The summed E-state index contributed by atoms with van der Waals surface area (Å²) in [7, 11) is 0. The van der Waals surface area contributed by atoms with Crippen LogP contribution in [0.5, 0.6) is 0 Å². The zero-order valence-electron chi connectivity index (χ0n) is 8.89. The van der Waals surface area contributed by atoms with Crippen LogP contribution in [0.15, 0.2) is 0 Å². The molecule has 0 aliphatic heterocycles. The van der Waals surface area contributed by atoms with E-state index in [1.165, 1.54) is 0 Å². The van der Waals surface area contributed by atoms with Gasteiger partial charge in [-0.25, -0.2) is 0 Å². The van der Waals surface area contributed by atoms with Crippen molar-refractivity contribution in [3.05, 3.63) is 0 Å². The molecule has 2 aliphatic carbocycles. The third-order valence-electron chi connectivity index (χ3n) is 4.14. The first kappa shape index (κ1) is 11.4. The van der Waals surface area contributed by atoms with Gasteiger partial charge in [0, 0.05) is 29.6 Å². The maximum absolute atomic E-state index is 12.0. The SMILES string of the molecule is CC1(C)C2CCC1C(CSOO[O-])C2=O. The van der Waals surface area contributed by atoms with E-state index in [2.05, 4.69) is 23.2 Å². The molecule has 0 aromatic heterocycles. The molecule has 0 heterocycles. The molecular formula is C10H15O4S-. The summed E-state index contributed by atoms with van der Waals surface area (Å²) in [5.74, 6) is 1.57. The van der Waals surface area contributed by atoms with E-state index in [1.807, 2.05) is 0 Å². The molecular weight excluding hydrogens is 216 g/mol. The lowest BCUT2D eigenvalue weighted by Crippen LogP contribution is -2.24. The van der Waals surface area contributed by atoms with E-state index in [9.17, 15) is 10.1 Å². The van der Waals surface area contributed by atoms with Crippen LogP contribution in [-0.2, 0) is 14.2 Å². The van der Waals surface area contributed by atoms with Gasteiger partial charge in [-0.1, -0.05) is 13.8 Å². The largest absolute Gasteiger partial charge is 0.691 e. The molecule has 0 aromatic carbocycles. The summed E-state index contributed by atoms with van der Waals surface area (Å²) in [4.78, 5) is 12.0. The first-order valence-corrected chi connectivity index (χ1v) is 6.12. The summed E-state index contributed by atoms with van der Waals surface area (Å²) in [6.07, 6.45) is 2.14. The smallest absolute Gasteiger partial charge is 0.140 e. The molecule has 2 aliphatic rings. The average Bonchev–Trinajstić information content (AvgIpc) is 2.56. The van der Waals surface area contributed by atoms with Crippen LogP contribution >= 0.6 is 12.0 Å². The molecule has 0 saturated heterocycles. The molecule has 2 fully saturated rings. The number of hydrogen-bond donors (Lipinski definition) is 0. The fourth-order valence-electron chi connectivity index (χ4n) is 3.35. The number of hydrogen-bond acceptors (Lipinski definition) is 5. The fraction of sp³-hybridized carbons (Fsp3) is 0.900. The number of rotatable bonds is 4. The number of Topliss-reactive ketones (excluding diaryl/α,β-unsaturated/α-hetero) is 1. The normalized spacial score (nSPS) is 37.5. The van der Waals surface area contributed by atoms with Crippen LogP contribution in [0.1, 0.15) is 26.7 Å². The molecule has 3 atom stereocenters. The summed E-state index contributed by atoms with van der Waals surface area (Å²) >= 11 is 0.939. The molecule has 2 bridgehead atoms. The Bertz CT molecular complexity index is 266. The van der Waals surface area contributed by atoms with Gasteiger partial charge in [-0.05, 0) is 24.2 Å². The molecule has 0 aromatic rings. The number of carbonyl (C=O) groups is 1. The van der Waals surface area contributed by atoms with Crippen LogP contribution in [0.4, 0.5) is 0 Å². The van der Waals surface area contributed by atoms with E-state index in [4.69, 9.17) is 0 Å². The number of carbonyl (C=O) groups excluding carboxylic acids is 1. The second-order valence-corrected chi connectivity index (χ2v) is 5.69. The lowest BCUT2D eigenvalue weighted by atomic mass is 9.80. The van der Waals surface area contributed by atoms with Crippen LogP contribution in [0.3, 0.4) is 0 Å². The van der Waals surface area contributed by atoms with Crippen molar-refractivity contribution in [2.45, 2.75) is 26.7 Å². The van der Waals surface area contributed by atoms with Gasteiger partial charge in [0.1, 0.15) is 5.78 Å². The van der Waals surface area contributed by atoms with E-state index >= 15 is 0 Å². The third-order valence-corrected chi connectivity index (χ3v) is 4.79. The first-order valence-electron chi connectivity index (χ1n) is 5.21. The molecule has 4 nitrogen and oxygen atoms in total. The van der Waals surface area contributed by atoms with Crippen molar-refractivity contribution >= 4 is 17.8 Å². The maximum atomic E-state index is 12.0. The van der Waals surface area contributed by atoms with Crippen molar-refractivity contribution in [3.8, 4) is 0 Å². The Balaban J connectivity index is 2.00. The molecule has 0 radical (unpaired) electrons. The molecule has 15 heavy (non-hydrogen) atoms. The first-order chi connectivity index (χ1) is 7.09. The predicted octanol–water partition coefficient (Wildman–Crippen LogP) is 1.11. The standard InChI is InChI=1S/C10H16O4S/c1-10(2)7-3-4-8(10)9(11)6(7)5-15-14-13-12/h6-8,12H,3-5H2,1-2H3/p-1. The Morgan fingerprint density at radius 1 is 1.53 bits per heavy atom. The summed E-state index contributed by atoms with van der Waals surface area (Å²) in [5.41, 5.74) is 0.126. The molecule has 0 spiro atoms. The summed E-state index contributed by atoms with van der Waals surface area (Å²) in [5, 5.41) is 12.9. The van der Waals surface area contributed by atoms with Gasteiger partial charge in [0.25, 0.3) is 0 Å². The highest BCUT2D eigenvalue weighted by atomic mass is 32.2. The van der Waals surface area contributed by atoms with E-state index in [1.54, 1.807) is 0 Å². The van der Waals surface area contributed by atoms with Crippen molar-refractivity contribution in [2.75, 3.05) is 5.75 Å². The van der Waals surface area contributed by atoms with Gasteiger partial charge in [-0.3, -0.25) is 9.83 Å². The van der Waals surface area contributed by atoms with Gasteiger partial charge in [0.2, 0.25) is 0 Å². The van der Waals surface area contributed by atoms with Crippen molar-refractivity contribution < 1.29 is 19.4 Å².